The van der Waals surface area contributed by atoms with Crippen molar-refractivity contribution in [2.75, 3.05) is 19.5 Å². The number of hydrogen-bond acceptors (Lipinski definition) is 5. The number of aromatic nitrogens is 2. The minimum atomic E-state index is -3.53. The van der Waals surface area contributed by atoms with Gasteiger partial charge in [0.1, 0.15) is 13.2 Å². The second-order valence-electron chi connectivity index (χ2n) is 5.18. The van der Waals surface area contributed by atoms with Crippen molar-refractivity contribution >= 4 is 44.1 Å². The molecule has 0 N–H and O–H groups in total. The molecule has 0 saturated heterocycles. The van der Waals surface area contributed by atoms with Crippen LogP contribution in [-0.2, 0) is 10.0 Å². The van der Waals surface area contributed by atoms with Gasteiger partial charge in [0.05, 0.1) is 27.2 Å². The van der Waals surface area contributed by atoms with Gasteiger partial charge in [0.25, 0.3) is 10.0 Å². The first-order chi connectivity index (χ1) is 11.9. The summed E-state index contributed by atoms with van der Waals surface area (Å²) in [5.74, 6) is 0.593. The molecule has 3 aromatic rings. The number of ether oxygens (including phenoxy) is 2. The van der Waals surface area contributed by atoms with Crippen LogP contribution >= 0.6 is 23.2 Å². The molecule has 0 bridgehead atoms. The van der Waals surface area contributed by atoms with E-state index in [1.54, 1.807) is 42.5 Å². The molecule has 0 atom stereocenters. The SMILES string of the molecule is CS(=O)(=O)n1nc(OCCOc2c(Cl)cccc2Cl)c2ccccc21. The third-order valence-electron chi connectivity index (χ3n) is 3.32. The first kappa shape index (κ1) is 17.8. The number of halogens is 2. The van der Waals surface area contributed by atoms with Crippen LogP contribution in [0.25, 0.3) is 10.9 Å². The van der Waals surface area contributed by atoms with Gasteiger partial charge in [-0.05, 0) is 24.3 Å². The summed E-state index contributed by atoms with van der Waals surface area (Å²) in [6.45, 7) is 0.315. The van der Waals surface area contributed by atoms with Crippen LogP contribution in [0.4, 0.5) is 0 Å². The van der Waals surface area contributed by atoms with Gasteiger partial charge in [0.2, 0.25) is 5.88 Å². The van der Waals surface area contributed by atoms with Crippen LogP contribution in [0.15, 0.2) is 42.5 Å². The number of fused-ring (bicyclic) bond motifs is 1. The molecule has 0 spiro atoms. The molecule has 0 aliphatic heterocycles. The van der Waals surface area contributed by atoms with Crippen molar-refractivity contribution in [2.45, 2.75) is 0 Å². The molecule has 1 aromatic heterocycles. The molecular formula is C16H14Cl2N2O4S. The Bertz CT molecular complexity index is 998. The highest BCUT2D eigenvalue weighted by atomic mass is 35.5. The van der Waals surface area contributed by atoms with Gasteiger partial charge in [-0.2, -0.15) is 4.09 Å². The van der Waals surface area contributed by atoms with E-state index in [0.717, 1.165) is 10.3 Å². The summed E-state index contributed by atoms with van der Waals surface area (Å²) in [6, 6.07) is 12.0. The van der Waals surface area contributed by atoms with Crippen molar-refractivity contribution < 1.29 is 17.9 Å². The quantitative estimate of drug-likeness (QED) is 0.591. The molecule has 0 saturated carbocycles. The fourth-order valence-electron chi connectivity index (χ4n) is 2.27. The molecule has 6 nitrogen and oxygen atoms in total. The van der Waals surface area contributed by atoms with E-state index in [1.165, 1.54) is 0 Å². The van der Waals surface area contributed by atoms with Crippen LogP contribution in [0.1, 0.15) is 0 Å². The predicted molar refractivity (Wildman–Crippen MR) is 97.4 cm³/mol. The molecule has 132 valence electrons. The molecule has 2 aromatic carbocycles. The van der Waals surface area contributed by atoms with E-state index in [4.69, 9.17) is 32.7 Å². The average Bonchev–Trinajstić information content (AvgIpc) is 2.93. The van der Waals surface area contributed by atoms with Crippen LogP contribution in [0.5, 0.6) is 11.6 Å². The Balaban J connectivity index is 1.74. The van der Waals surface area contributed by atoms with Crippen molar-refractivity contribution in [2.24, 2.45) is 0 Å². The fourth-order valence-corrected chi connectivity index (χ4v) is 3.52. The van der Waals surface area contributed by atoms with Gasteiger partial charge in [-0.25, -0.2) is 8.42 Å². The predicted octanol–water partition coefficient (Wildman–Crippen LogP) is 3.61. The topological polar surface area (TPSA) is 70.4 Å². The molecule has 3 rings (SSSR count). The van der Waals surface area contributed by atoms with Gasteiger partial charge >= 0.3 is 0 Å². The van der Waals surface area contributed by atoms with Crippen LogP contribution in [-0.4, -0.2) is 37.1 Å². The van der Waals surface area contributed by atoms with Crippen molar-refractivity contribution in [3.05, 3.63) is 52.5 Å². The van der Waals surface area contributed by atoms with Crippen molar-refractivity contribution in [1.29, 1.82) is 0 Å². The first-order valence-corrected chi connectivity index (χ1v) is 9.86. The van der Waals surface area contributed by atoms with Crippen LogP contribution in [0.3, 0.4) is 0 Å². The normalized spacial score (nSPS) is 11.6. The highest BCUT2D eigenvalue weighted by Gasteiger charge is 2.17. The Morgan fingerprint density at radius 1 is 1.00 bits per heavy atom. The largest absolute Gasteiger partial charge is 0.487 e. The Kier molecular flexibility index (Phi) is 5.08. The number of benzene rings is 2. The first-order valence-electron chi connectivity index (χ1n) is 7.26. The molecule has 0 amide bonds. The molecule has 25 heavy (non-hydrogen) atoms. The lowest BCUT2D eigenvalue weighted by molar-refractivity contribution is 0.213. The smallest absolute Gasteiger partial charge is 0.251 e. The minimum Gasteiger partial charge on any atom is -0.487 e. The molecule has 0 unspecified atom stereocenters. The monoisotopic (exact) mass is 400 g/mol. The molecule has 0 aliphatic rings. The van der Waals surface area contributed by atoms with Crippen molar-refractivity contribution in [1.82, 2.24) is 9.19 Å². The lowest BCUT2D eigenvalue weighted by atomic mass is 10.2. The van der Waals surface area contributed by atoms with Gasteiger partial charge in [-0.3, -0.25) is 0 Å². The molecule has 0 radical (unpaired) electrons. The molecule has 9 heteroatoms. The van der Waals surface area contributed by atoms with Gasteiger partial charge in [-0.1, -0.05) is 41.4 Å². The summed E-state index contributed by atoms with van der Waals surface area (Å²) in [5, 5.41) is 5.44. The van der Waals surface area contributed by atoms with E-state index in [0.29, 0.717) is 26.7 Å². The third-order valence-corrected chi connectivity index (χ3v) is 4.83. The maximum atomic E-state index is 11.8. The lowest BCUT2D eigenvalue weighted by Gasteiger charge is -2.09. The average molecular weight is 401 g/mol. The summed E-state index contributed by atoms with van der Waals surface area (Å²) in [7, 11) is -3.53. The Morgan fingerprint density at radius 2 is 1.64 bits per heavy atom. The van der Waals surface area contributed by atoms with Crippen LogP contribution < -0.4 is 9.47 Å². The summed E-state index contributed by atoms with van der Waals surface area (Å²) >= 11 is 12.0. The summed E-state index contributed by atoms with van der Waals surface area (Å²) in [6.07, 6.45) is 1.08. The standard InChI is InChI=1S/C16H14Cl2N2O4S/c1-25(21,22)20-14-8-3-2-5-11(14)16(19-20)24-10-9-23-15-12(17)6-4-7-13(15)18/h2-8H,9-10H2,1H3. The van der Waals surface area contributed by atoms with E-state index in [-0.39, 0.29) is 19.1 Å². The number of hydrogen-bond donors (Lipinski definition) is 0. The van der Waals surface area contributed by atoms with Gasteiger partial charge < -0.3 is 9.47 Å². The molecule has 1 heterocycles. The van der Waals surface area contributed by atoms with E-state index < -0.39 is 10.0 Å². The maximum Gasteiger partial charge on any atom is 0.251 e. The zero-order chi connectivity index (χ0) is 18.0. The third kappa shape index (κ3) is 3.84. The van der Waals surface area contributed by atoms with E-state index in [2.05, 4.69) is 5.10 Å². The van der Waals surface area contributed by atoms with Gasteiger partial charge in [0.15, 0.2) is 5.75 Å². The van der Waals surface area contributed by atoms with E-state index >= 15 is 0 Å². The Labute approximate surface area is 154 Å². The van der Waals surface area contributed by atoms with E-state index in [9.17, 15) is 8.42 Å². The fraction of sp³-hybridized carbons (Fsp3) is 0.188. The van der Waals surface area contributed by atoms with Crippen LogP contribution in [0, 0.1) is 0 Å². The van der Waals surface area contributed by atoms with Gasteiger partial charge in [0, 0.05) is 0 Å². The summed E-state index contributed by atoms with van der Waals surface area (Å²) < 4.78 is 35.8. The minimum absolute atomic E-state index is 0.145. The van der Waals surface area contributed by atoms with Crippen molar-refractivity contribution in [3.63, 3.8) is 0 Å². The molecule has 0 aliphatic carbocycles. The number of para-hydroxylation sites is 2. The summed E-state index contributed by atoms with van der Waals surface area (Å²) in [5.41, 5.74) is 0.454. The van der Waals surface area contributed by atoms with Crippen molar-refractivity contribution in [3.8, 4) is 11.6 Å². The highest BCUT2D eigenvalue weighted by molar-refractivity contribution is 7.89. The number of rotatable bonds is 6. The molecular weight excluding hydrogens is 387 g/mol. The number of nitrogens with zero attached hydrogens (tertiary/aromatic N) is 2. The maximum absolute atomic E-state index is 11.8. The highest BCUT2D eigenvalue weighted by Crippen LogP contribution is 2.32. The van der Waals surface area contributed by atoms with Crippen LogP contribution in [0.2, 0.25) is 10.0 Å². The van der Waals surface area contributed by atoms with Gasteiger partial charge in [-0.15, -0.1) is 5.10 Å². The second-order valence-corrected chi connectivity index (χ2v) is 7.80. The zero-order valence-corrected chi connectivity index (χ0v) is 15.5. The lowest BCUT2D eigenvalue weighted by Crippen LogP contribution is -2.13. The Morgan fingerprint density at radius 3 is 2.32 bits per heavy atom. The second kappa shape index (κ2) is 7.11. The zero-order valence-electron chi connectivity index (χ0n) is 13.1. The van der Waals surface area contributed by atoms with E-state index in [1.807, 2.05) is 0 Å². The Hall–Kier alpha value is -1.96. The summed E-state index contributed by atoms with van der Waals surface area (Å²) in [4.78, 5) is 0. The molecule has 0 fully saturated rings.